The lowest BCUT2D eigenvalue weighted by Gasteiger charge is -2.29. The Morgan fingerprint density at radius 2 is 2.10 bits per heavy atom. The van der Waals surface area contributed by atoms with Crippen molar-refractivity contribution in [1.82, 2.24) is 5.32 Å². The molecule has 0 amide bonds. The van der Waals surface area contributed by atoms with E-state index in [0.29, 0.717) is 0 Å². The summed E-state index contributed by atoms with van der Waals surface area (Å²) in [4.78, 5) is 2.65. The first-order chi connectivity index (χ1) is 9.75. The Balaban J connectivity index is 1.79. The Morgan fingerprint density at radius 1 is 1.20 bits per heavy atom. The minimum atomic E-state index is 0.835. The van der Waals surface area contributed by atoms with Crippen LogP contribution in [0.3, 0.4) is 0 Å². The second kappa shape index (κ2) is 6.17. The molecule has 0 bridgehead atoms. The summed E-state index contributed by atoms with van der Waals surface area (Å²) < 4.78 is 0. The molecule has 0 saturated carbocycles. The fourth-order valence-electron chi connectivity index (χ4n) is 3.82. The molecule has 1 atom stereocenters. The Morgan fingerprint density at radius 3 is 2.95 bits per heavy atom. The number of hydrogen-bond donors (Lipinski definition) is 1. The number of rotatable bonds is 2. The molecule has 1 aromatic carbocycles. The van der Waals surface area contributed by atoms with Crippen LogP contribution < -0.4 is 10.2 Å². The molecular weight excluding hydrogens is 244 g/mol. The zero-order valence-electron chi connectivity index (χ0n) is 13.0. The van der Waals surface area contributed by atoms with Crippen LogP contribution in [0.25, 0.3) is 0 Å². The maximum atomic E-state index is 3.54. The molecule has 2 aliphatic heterocycles. The Hall–Kier alpha value is -1.02. The second-order valence-electron chi connectivity index (χ2n) is 6.76. The maximum absolute atomic E-state index is 3.54. The normalized spacial score (nSPS) is 23.6. The minimum absolute atomic E-state index is 0.835. The topological polar surface area (TPSA) is 15.3 Å². The van der Waals surface area contributed by atoms with Gasteiger partial charge >= 0.3 is 0 Å². The van der Waals surface area contributed by atoms with Gasteiger partial charge in [0.05, 0.1) is 0 Å². The summed E-state index contributed by atoms with van der Waals surface area (Å²) in [6.07, 6.45) is 5.29. The van der Waals surface area contributed by atoms with E-state index in [9.17, 15) is 0 Å². The third kappa shape index (κ3) is 2.85. The van der Waals surface area contributed by atoms with E-state index in [1.54, 1.807) is 11.1 Å². The summed E-state index contributed by atoms with van der Waals surface area (Å²) in [5, 5.41) is 3.54. The summed E-state index contributed by atoms with van der Waals surface area (Å²) in [7, 11) is 0. The van der Waals surface area contributed by atoms with Gasteiger partial charge in [-0.15, -0.1) is 0 Å². The van der Waals surface area contributed by atoms with Gasteiger partial charge in [0.1, 0.15) is 0 Å². The summed E-state index contributed by atoms with van der Waals surface area (Å²) in [6, 6.07) is 6.90. The van der Waals surface area contributed by atoms with Gasteiger partial charge in [0, 0.05) is 25.3 Å². The molecule has 0 aliphatic carbocycles. The standard InChI is InChI=1S/C18H28N2/c1-14(2)15-6-4-11-20(12-9-15)18-7-3-5-16-8-10-19-13-17(16)18/h3,5,7,14-15,19H,4,6,8-13H2,1-2H3. The van der Waals surface area contributed by atoms with Crippen LogP contribution in [0.1, 0.15) is 44.2 Å². The van der Waals surface area contributed by atoms with Crippen molar-refractivity contribution in [3.8, 4) is 0 Å². The number of fused-ring (bicyclic) bond motifs is 1. The third-order valence-corrected chi connectivity index (χ3v) is 5.18. The molecule has 2 heterocycles. The third-order valence-electron chi connectivity index (χ3n) is 5.18. The highest BCUT2D eigenvalue weighted by Crippen LogP contribution is 2.31. The molecule has 2 heteroatoms. The highest BCUT2D eigenvalue weighted by atomic mass is 15.1. The first-order valence-corrected chi connectivity index (χ1v) is 8.32. The Kier molecular flexibility index (Phi) is 4.30. The summed E-state index contributed by atoms with van der Waals surface area (Å²) in [5.41, 5.74) is 4.62. The lowest BCUT2D eigenvalue weighted by Crippen LogP contribution is -2.30. The van der Waals surface area contributed by atoms with Crippen molar-refractivity contribution < 1.29 is 0 Å². The summed E-state index contributed by atoms with van der Waals surface area (Å²) in [6.45, 7) is 9.42. The molecule has 0 spiro atoms. The van der Waals surface area contributed by atoms with Gasteiger partial charge < -0.3 is 10.2 Å². The lowest BCUT2D eigenvalue weighted by molar-refractivity contribution is 0.351. The zero-order chi connectivity index (χ0) is 13.9. The molecule has 110 valence electrons. The molecule has 1 aromatic rings. The second-order valence-corrected chi connectivity index (χ2v) is 6.76. The van der Waals surface area contributed by atoms with Gasteiger partial charge in [-0.05, 0) is 61.3 Å². The summed E-state index contributed by atoms with van der Waals surface area (Å²) >= 11 is 0. The van der Waals surface area contributed by atoms with E-state index in [1.807, 2.05) is 0 Å². The molecule has 20 heavy (non-hydrogen) atoms. The number of nitrogens with one attached hydrogen (secondary N) is 1. The molecule has 1 N–H and O–H groups in total. The van der Waals surface area contributed by atoms with E-state index in [-0.39, 0.29) is 0 Å². The SMILES string of the molecule is CC(C)C1CCCN(c2cccc3c2CNCC3)CC1. The van der Waals surface area contributed by atoms with Crippen LogP contribution in [0.15, 0.2) is 18.2 Å². The average Bonchev–Trinajstić information content (AvgIpc) is 2.72. The van der Waals surface area contributed by atoms with E-state index in [2.05, 4.69) is 42.3 Å². The molecule has 0 aromatic heterocycles. The minimum Gasteiger partial charge on any atom is -0.371 e. The first-order valence-electron chi connectivity index (χ1n) is 8.32. The van der Waals surface area contributed by atoms with Crippen molar-refractivity contribution in [1.29, 1.82) is 0 Å². The van der Waals surface area contributed by atoms with Gasteiger partial charge in [0.25, 0.3) is 0 Å². The van der Waals surface area contributed by atoms with Gasteiger partial charge in [-0.1, -0.05) is 26.0 Å². The largest absolute Gasteiger partial charge is 0.371 e. The molecular formula is C18H28N2. The fourth-order valence-corrected chi connectivity index (χ4v) is 3.82. The van der Waals surface area contributed by atoms with Gasteiger partial charge in [-0.25, -0.2) is 0 Å². The molecule has 2 aliphatic rings. The van der Waals surface area contributed by atoms with Crippen LogP contribution in [0.5, 0.6) is 0 Å². The van der Waals surface area contributed by atoms with Crippen molar-refractivity contribution >= 4 is 5.69 Å². The lowest BCUT2D eigenvalue weighted by atomic mass is 9.89. The maximum Gasteiger partial charge on any atom is 0.0414 e. The highest BCUT2D eigenvalue weighted by molar-refractivity contribution is 5.57. The Labute approximate surface area is 123 Å². The molecule has 0 radical (unpaired) electrons. The number of hydrogen-bond acceptors (Lipinski definition) is 2. The van der Waals surface area contributed by atoms with Crippen LogP contribution in [-0.4, -0.2) is 19.6 Å². The monoisotopic (exact) mass is 272 g/mol. The molecule has 3 rings (SSSR count). The molecule has 1 fully saturated rings. The zero-order valence-corrected chi connectivity index (χ0v) is 13.0. The van der Waals surface area contributed by atoms with E-state index >= 15 is 0 Å². The number of nitrogens with zero attached hydrogens (tertiary/aromatic N) is 1. The Bertz CT molecular complexity index is 453. The summed E-state index contributed by atoms with van der Waals surface area (Å²) in [5.74, 6) is 1.75. The van der Waals surface area contributed by atoms with Crippen LogP contribution in [0.4, 0.5) is 5.69 Å². The van der Waals surface area contributed by atoms with Gasteiger partial charge in [-0.3, -0.25) is 0 Å². The van der Waals surface area contributed by atoms with Crippen molar-refractivity contribution in [3.05, 3.63) is 29.3 Å². The van der Waals surface area contributed by atoms with Gasteiger partial charge in [0.2, 0.25) is 0 Å². The van der Waals surface area contributed by atoms with Gasteiger partial charge in [-0.2, -0.15) is 0 Å². The van der Waals surface area contributed by atoms with Crippen LogP contribution in [0, 0.1) is 11.8 Å². The van der Waals surface area contributed by atoms with Crippen LogP contribution >= 0.6 is 0 Å². The van der Waals surface area contributed by atoms with E-state index in [1.165, 1.54) is 44.5 Å². The number of benzene rings is 1. The van der Waals surface area contributed by atoms with E-state index in [0.717, 1.165) is 24.9 Å². The molecule has 2 nitrogen and oxygen atoms in total. The predicted octanol–water partition coefficient (Wildman–Crippen LogP) is 3.59. The first kappa shape index (κ1) is 13.9. The fraction of sp³-hybridized carbons (Fsp3) is 0.667. The van der Waals surface area contributed by atoms with E-state index < -0.39 is 0 Å². The number of anilines is 1. The predicted molar refractivity (Wildman–Crippen MR) is 86.2 cm³/mol. The molecule has 1 saturated heterocycles. The van der Waals surface area contributed by atoms with Crippen molar-refractivity contribution in [3.63, 3.8) is 0 Å². The van der Waals surface area contributed by atoms with Crippen LogP contribution in [-0.2, 0) is 13.0 Å². The van der Waals surface area contributed by atoms with Gasteiger partial charge in [0.15, 0.2) is 0 Å². The van der Waals surface area contributed by atoms with Crippen molar-refractivity contribution in [2.24, 2.45) is 11.8 Å². The quantitative estimate of drug-likeness (QED) is 0.885. The highest BCUT2D eigenvalue weighted by Gasteiger charge is 2.22. The molecule has 1 unspecified atom stereocenters. The van der Waals surface area contributed by atoms with Crippen molar-refractivity contribution in [2.45, 2.75) is 46.1 Å². The van der Waals surface area contributed by atoms with E-state index in [4.69, 9.17) is 0 Å². The van der Waals surface area contributed by atoms with Crippen molar-refractivity contribution in [2.75, 3.05) is 24.5 Å². The average molecular weight is 272 g/mol. The smallest absolute Gasteiger partial charge is 0.0414 e. The van der Waals surface area contributed by atoms with Crippen LogP contribution in [0.2, 0.25) is 0 Å².